The number of ether oxygens (including phenoxy) is 2. The predicted octanol–water partition coefficient (Wildman–Crippen LogP) is 5.29. The van der Waals surface area contributed by atoms with Gasteiger partial charge in [-0.2, -0.15) is 5.10 Å². The van der Waals surface area contributed by atoms with E-state index in [-0.39, 0.29) is 5.92 Å². The second-order valence-electron chi connectivity index (χ2n) is 8.16. The fourth-order valence-electron chi connectivity index (χ4n) is 3.26. The molecule has 1 unspecified atom stereocenters. The van der Waals surface area contributed by atoms with Crippen LogP contribution >= 0.6 is 11.6 Å². The van der Waals surface area contributed by atoms with Crippen LogP contribution in [-0.4, -0.2) is 25.1 Å². The summed E-state index contributed by atoms with van der Waals surface area (Å²) in [6.45, 7) is 4.05. The van der Waals surface area contributed by atoms with Crippen LogP contribution in [0.5, 0.6) is 11.5 Å². The minimum Gasteiger partial charge on any atom is -0.497 e. The molecule has 0 saturated heterocycles. The van der Waals surface area contributed by atoms with Crippen LogP contribution < -0.4 is 20.2 Å². The van der Waals surface area contributed by atoms with Crippen LogP contribution in [0, 0.1) is 11.8 Å². The Labute approximate surface area is 210 Å². The Morgan fingerprint density at radius 3 is 2.14 bits per heavy atom. The van der Waals surface area contributed by atoms with E-state index < -0.39 is 17.7 Å². The van der Waals surface area contributed by atoms with Gasteiger partial charge < -0.3 is 14.8 Å². The Bertz CT molecular complexity index is 1140. The summed E-state index contributed by atoms with van der Waals surface area (Å²) >= 11 is 5.89. The first-order chi connectivity index (χ1) is 16.9. The van der Waals surface area contributed by atoms with Gasteiger partial charge in [-0.15, -0.1) is 0 Å². The maximum atomic E-state index is 12.7. The normalized spacial score (nSPS) is 11.8. The Balaban J connectivity index is 1.52. The molecule has 2 N–H and O–H groups in total. The lowest BCUT2D eigenvalue weighted by Gasteiger charge is -2.18. The summed E-state index contributed by atoms with van der Waals surface area (Å²) in [5, 5.41) is 7.47. The highest BCUT2D eigenvalue weighted by Crippen LogP contribution is 2.19. The number of anilines is 1. The monoisotopic (exact) mass is 493 g/mol. The molecule has 0 aliphatic rings. The Morgan fingerprint density at radius 2 is 1.54 bits per heavy atom. The maximum Gasteiger partial charge on any atom is 0.252 e. The topological polar surface area (TPSA) is 89.0 Å². The standard InChI is InChI=1S/C27H28ClN3O4/c1-18(2)25(26(32)30-22-10-14-23(34-3)15-11-22)27(33)31-29-16-19-6-12-24(13-7-19)35-17-20-4-8-21(28)9-5-20/h4-16,18,25H,17H2,1-3H3,(H,30,32)(H,31,33). The Kier molecular flexibility index (Phi) is 9.26. The van der Waals surface area contributed by atoms with Crippen LogP contribution in [0.1, 0.15) is 25.0 Å². The smallest absolute Gasteiger partial charge is 0.252 e. The first-order valence-electron chi connectivity index (χ1n) is 11.1. The van der Waals surface area contributed by atoms with Gasteiger partial charge in [0.1, 0.15) is 24.0 Å². The lowest BCUT2D eigenvalue weighted by molar-refractivity contribution is -0.134. The van der Waals surface area contributed by atoms with Crippen LogP contribution in [0.2, 0.25) is 5.02 Å². The zero-order valence-corrected chi connectivity index (χ0v) is 20.6. The van der Waals surface area contributed by atoms with Crippen molar-refractivity contribution in [2.75, 3.05) is 12.4 Å². The molecule has 0 fully saturated rings. The zero-order chi connectivity index (χ0) is 25.2. The van der Waals surface area contributed by atoms with Gasteiger partial charge in [0.25, 0.3) is 5.91 Å². The summed E-state index contributed by atoms with van der Waals surface area (Å²) < 4.78 is 10.9. The van der Waals surface area contributed by atoms with Gasteiger partial charge in [0.05, 0.1) is 13.3 Å². The quantitative estimate of drug-likeness (QED) is 0.228. The van der Waals surface area contributed by atoms with Gasteiger partial charge in [-0.25, -0.2) is 5.43 Å². The number of methoxy groups -OCH3 is 1. The van der Waals surface area contributed by atoms with Gasteiger partial charge in [0.2, 0.25) is 5.91 Å². The van der Waals surface area contributed by atoms with Crippen molar-refractivity contribution in [2.45, 2.75) is 20.5 Å². The summed E-state index contributed by atoms with van der Waals surface area (Å²) in [7, 11) is 1.57. The van der Waals surface area contributed by atoms with E-state index in [1.54, 1.807) is 31.4 Å². The molecule has 1 atom stereocenters. The molecule has 3 rings (SSSR count). The fraction of sp³-hybridized carbons (Fsp3) is 0.222. The predicted molar refractivity (Wildman–Crippen MR) is 138 cm³/mol. The average Bonchev–Trinajstić information content (AvgIpc) is 2.85. The van der Waals surface area contributed by atoms with Gasteiger partial charge in [-0.3, -0.25) is 9.59 Å². The summed E-state index contributed by atoms with van der Waals surface area (Å²) in [5.74, 6) is -0.628. The first kappa shape index (κ1) is 25.8. The van der Waals surface area contributed by atoms with Crippen molar-refractivity contribution in [3.8, 4) is 11.5 Å². The summed E-state index contributed by atoms with van der Waals surface area (Å²) in [5.41, 5.74) is 4.83. The van der Waals surface area contributed by atoms with E-state index in [4.69, 9.17) is 21.1 Å². The maximum absolute atomic E-state index is 12.7. The Hall–Kier alpha value is -3.84. The SMILES string of the molecule is COc1ccc(NC(=O)C(C(=O)NN=Cc2ccc(OCc3ccc(Cl)cc3)cc2)C(C)C)cc1. The lowest BCUT2D eigenvalue weighted by atomic mass is 9.94. The van der Waals surface area contributed by atoms with E-state index in [0.29, 0.717) is 28.8 Å². The molecule has 0 aliphatic heterocycles. The molecule has 2 amide bonds. The van der Waals surface area contributed by atoms with Gasteiger partial charge in [0.15, 0.2) is 0 Å². The number of nitrogens with zero attached hydrogens (tertiary/aromatic N) is 1. The van der Waals surface area contributed by atoms with E-state index in [2.05, 4.69) is 15.8 Å². The highest BCUT2D eigenvalue weighted by molar-refractivity contribution is 6.30. The largest absolute Gasteiger partial charge is 0.497 e. The molecule has 7 nitrogen and oxygen atoms in total. The van der Waals surface area contributed by atoms with Crippen molar-refractivity contribution in [1.29, 1.82) is 0 Å². The van der Waals surface area contributed by atoms with E-state index in [0.717, 1.165) is 11.1 Å². The summed E-state index contributed by atoms with van der Waals surface area (Å²) in [6.07, 6.45) is 1.51. The number of carbonyl (C=O) groups excluding carboxylic acids is 2. The van der Waals surface area contributed by atoms with E-state index in [9.17, 15) is 9.59 Å². The number of hydrazone groups is 1. The second kappa shape index (κ2) is 12.6. The van der Waals surface area contributed by atoms with Gasteiger partial charge in [0, 0.05) is 10.7 Å². The van der Waals surface area contributed by atoms with Crippen LogP contribution in [0.4, 0.5) is 5.69 Å². The number of nitrogens with one attached hydrogen (secondary N) is 2. The highest BCUT2D eigenvalue weighted by atomic mass is 35.5. The molecular formula is C27H28ClN3O4. The third-order valence-electron chi connectivity index (χ3n) is 5.18. The van der Waals surface area contributed by atoms with Crippen molar-refractivity contribution < 1.29 is 19.1 Å². The highest BCUT2D eigenvalue weighted by Gasteiger charge is 2.29. The molecule has 0 aliphatic carbocycles. The molecular weight excluding hydrogens is 466 g/mol. The minimum absolute atomic E-state index is 0.222. The molecule has 0 heterocycles. The van der Waals surface area contributed by atoms with Crippen LogP contribution in [0.3, 0.4) is 0 Å². The molecule has 0 bridgehead atoms. The van der Waals surface area contributed by atoms with E-state index >= 15 is 0 Å². The molecule has 0 aromatic heterocycles. The average molecular weight is 494 g/mol. The Morgan fingerprint density at radius 1 is 0.914 bits per heavy atom. The van der Waals surface area contributed by atoms with Crippen LogP contribution in [0.15, 0.2) is 77.9 Å². The molecule has 3 aromatic carbocycles. The van der Waals surface area contributed by atoms with Gasteiger partial charge >= 0.3 is 0 Å². The third-order valence-corrected chi connectivity index (χ3v) is 5.43. The second-order valence-corrected chi connectivity index (χ2v) is 8.59. The van der Waals surface area contributed by atoms with Gasteiger partial charge in [-0.1, -0.05) is 37.6 Å². The number of amides is 2. The molecule has 0 spiro atoms. The number of halogens is 1. The molecule has 35 heavy (non-hydrogen) atoms. The number of rotatable bonds is 10. The number of carbonyl (C=O) groups is 2. The van der Waals surface area contributed by atoms with Crippen molar-refractivity contribution >= 4 is 35.3 Å². The number of benzene rings is 3. The van der Waals surface area contributed by atoms with Crippen molar-refractivity contribution in [1.82, 2.24) is 5.43 Å². The third kappa shape index (κ3) is 7.86. The molecule has 8 heteroatoms. The van der Waals surface area contributed by atoms with E-state index in [1.165, 1.54) is 6.21 Å². The van der Waals surface area contributed by atoms with Crippen molar-refractivity contribution in [3.63, 3.8) is 0 Å². The number of hydrogen-bond acceptors (Lipinski definition) is 5. The minimum atomic E-state index is -0.905. The van der Waals surface area contributed by atoms with Crippen LogP contribution in [0.25, 0.3) is 0 Å². The van der Waals surface area contributed by atoms with Gasteiger partial charge in [-0.05, 0) is 77.7 Å². The molecule has 182 valence electrons. The first-order valence-corrected chi connectivity index (χ1v) is 11.5. The summed E-state index contributed by atoms with van der Waals surface area (Å²) in [4.78, 5) is 25.4. The zero-order valence-electron chi connectivity index (χ0n) is 19.8. The molecule has 0 saturated carbocycles. The molecule has 3 aromatic rings. The lowest BCUT2D eigenvalue weighted by Crippen LogP contribution is -2.39. The van der Waals surface area contributed by atoms with Crippen molar-refractivity contribution in [3.05, 3.63) is 88.9 Å². The van der Waals surface area contributed by atoms with E-state index in [1.807, 2.05) is 62.4 Å². The number of hydrogen-bond donors (Lipinski definition) is 2. The summed E-state index contributed by atoms with van der Waals surface area (Å²) in [6, 6.07) is 21.6. The molecule has 0 radical (unpaired) electrons. The van der Waals surface area contributed by atoms with Crippen molar-refractivity contribution in [2.24, 2.45) is 16.9 Å². The fourth-order valence-corrected chi connectivity index (χ4v) is 3.38. The van der Waals surface area contributed by atoms with Crippen LogP contribution in [-0.2, 0) is 16.2 Å².